The van der Waals surface area contributed by atoms with Crippen molar-refractivity contribution in [3.63, 3.8) is 0 Å². The summed E-state index contributed by atoms with van der Waals surface area (Å²) in [6.45, 7) is 14.8. The summed E-state index contributed by atoms with van der Waals surface area (Å²) in [5.41, 5.74) is 2.25. The number of hydrogen-bond donors (Lipinski definition) is 2. The van der Waals surface area contributed by atoms with Gasteiger partial charge in [-0.25, -0.2) is 4.79 Å². The first-order valence-corrected chi connectivity index (χ1v) is 12.9. The fraction of sp³-hybridized carbons (Fsp3) is 0.591. The number of alkyl carbamates (subject to hydrolysis) is 1. The first-order valence-electron chi connectivity index (χ1n) is 10.2. The lowest BCUT2D eigenvalue weighted by Crippen LogP contribution is -2.49. The molecule has 1 amide bonds. The van der Waals surface area contributed by atoms with Gasteiger partial charge in [0, 0.05) is 28.2 Å². The van der Waals surface area contributed by atoms with Crippen LogP contribution in [0, 0.1) is 0 Å². The Morgan fingerprint density at radius 3 is 2.30 bits per heavy atom. The molecule has 2 aromatic rings. The van der Waals surface area contributed by atoms with Gasteiger partial charge >= 0.3 is 6.09 Å². The number of hydrogen-bond acceptors (Lipinski definition) is 2. The maximum Gasteiger partial charge on any atom is 0.407 e. The minimum Gasteiger partial charge on any atom is -0.446 e. The first-order chi connectivity index (χ1) is 12.7. The summed E-state index contributed by atoms with van der Waals surface area (Å²) < 4.78 is 5.67. The number of rotatable bonds is 7. The van der Waals surface area contributed by atoms with Gasteiger partial charge in [0.25, 0.3) is 0 Å². The molecule has 4 nitrogen and oxygen atoms in total. The number of aromatic amines is 1. The molecule has 0 aliphatic rings. The van der Waals surface area contributed by atoms with Gasteiger partial charge in [0.1, 0.15) is 14.2 Å². The van der Waals surface area contributed by atoms with Gasteiger partial charge < -0.3 is 15.0 Å². The predicted molar refractivity (Wildman–Crippen MR) is 118 cm³/mol. The molecule has 0 aliphatic carbocycles. The van der Waals surface area contributed by atoms with Crippen LogP contribution in [0.15, 0.2) is 24.3 Å². The largest absolute Gasteiger partial charge is 0.446 e. The Bertz CT molecular complexity index is 764. The minimum atomic E-state index is -1.58. The Morgan fingerprint density at radius 1 is 1.15 bits per heavy atom. The number of aromatic nitrogens is 1. The predicted octanol–water partition coefficient (Wildman–Crippen LogP) is 5.34. The molecule has 0 fully saturated rings. The number of H-pyrrole nitrogens is 1. The van der Waals surface area contributed by atoms with Gasteiger partial charge in [-0.15, -0.1) is 0 Å². The number of nitrogens with one attached hydrogen (secondary N) is 2. The van der Waals surface area contributed by atoms with Crippen molar-refractivity contribution in [3.8, 4) is 0 Å². The number of benzene rings is 1. The van der Waals surface area contributed by atoms with Crippen LogP contribution in [0.3, 0.4) is 0 Å². The molecule has 27 heavy (non-hydrogen) atoms. The molecule has 1 heterocycles. The maximum atomic E-state index is 12.2. The molecule has 0 saturated heterocycles. The number of ether oxygens (including phenoxy) is 1. The van der Waals surface area contributed by atoms with E-state index in [1.165, 1.54) is 39.9 Å². The van der Waals surface area contributed by atoms with E-state index in [1.807, 2.05) is 27.7 Å². The van der Waals surface area contributed by atoms with Crippen LogP contribution in [0.4, 0.5) is 4.79 Å². The van der Waals surface area contributed by atoms with Crippen molar-refractivity contribution < 1.29 is 9.53 Å². The first kappa shape index (κ1) is 21.5. The van der Waals surface area contributed by atoms with E-state index in [0.717, 1.165) is 6.42 Å². The van der Waals surface area contributed by atoms with Crippen molar-refractivity contribution in [2.24, 2.45) is 0 Å². The summed E-state index contributed by atoms with van der Waals surface area (Å²) in [5, 5.41) is 5.60. The van der Waals surface area contributed by atoms with Gasteiger partial charge in [-0.3, -0.25) is 0 Å². The fourth-order valence-electron chi connectivity index (χ4n) is 3.99. The van der Waals surface area contributed by atoms with E-state index >= 15 is 0 Å². The smallest absolute Gasteiger partial charge is 0.407 e. The number of amides is 1. The molecule has 1 aromatic carbocycles. The Labute approximate surface area is 165 Å². The third kappa shape index (κ3) is 4.95. The molecule has 150 valence electrons. The Kier molecular flexibility index (Phi) is 6.79. The van der Waals surface area contributed by atoms with Crippen LogP contribution in [0.25, 0.3) is 10.9 Å². The minimum absolute atomic E-state index is 0.178. The van der Waals surface area contributed by atoms with Crippen LogP contribution < -0.4 is 10.6 Å². The van der Waals surface area contributed by atoms with E-state index in [2.05, 4.69) is 55.3 Å². The van der Waals surface area contributed by atoms with Crippen LogP contribution in [-0.2, 0) is 11.2 Å². The molecule has 0 aliphatic heterocycles. The second-order valence-corrected chi connectivity index (χ2v) is 13.8. The van der Waals surface area contributed by atoms with Crippen LogP contribution in [0.2, 0.25) is 18.1 Å². The molecule has 0 bridgehead atoms. The Hall–Kier alpha value is -1.75. The summed E-state index contributed by atoms with van der Waals surface area (Å²) in [7, 11) is -1.58. The summed E-state index contributed by atoms with van der Waals surface area (Å²) in [6.07, 6.45) is 0.218. The number of fused-ring (bicyclic) bond motifs is 1. The molecule has 5 heteroatoms. The highest BCUT2D eigenvalue weighted by atomic mass is 28.3. The average molecular weight is 389 g/mol. The number of para-hydroxylation sites is 1. The molecule has 0 saturated carbocycles. The molecule has 2 rings (SSSR count). The molecule has 1 aromatic heterocycles. The van der Waals surface area contributed by atoms with E-state index in [0.29, 0.717) is 0 Å². The van der Waals surface area contributed by atoms with Crippen LogP contribution in [0.1, 0.15) is 54.0 Å². The molecule has 0 spiro atoms. The molecular formula is C22H36N2O2Si. The highest BCUT2D eigenvalue weighted by Gasteiger charge is 2.34. The third-order valence-electron chi connectivity index (χ3n) is 5.65. The SMILES string of the molecule is CC[Si](CC)(CC)c1[nH]c2ccccc2c1C[C@@H](C)OC(=O)NC(C)(C)C. The lowest BCUT2D eigenvalue weighted by atomic mass is 10.1. The van der Waals surface area contributed by atoms with Gasteiger partial charge in [0.05, 0.1) is 0 Å². The zero-order valence-corrected chi connectivity index (χ0v) is 19.0. The van der Waals surface area contributed by atoms with Gasteiger partial charge in [-0.2, -0.15) is 0 Å². The van der Waals surface area contributed by atoms with Crippen molar-refractivity contribution in [1.29, 1.82) is 0 Å². The highest BCUT2D eigenvalue weighted by Crippen LogP contribution is 2.27. The van der Waals surface area contributed by atoms with Gasteiger partial charge in [-0.05, 0) is 39.3 Å². The Morgan fingerprint density at radius 2 is 1.74 bits per heavy atom. The average Bonchev–Trinajstić information content (AvgIpc) is 2.94. The molecular weight excluding hydrogens is 352 g/mol. The van der Waals surface area contributed by atoms with Crippen molar-refractivity contribution in [3.05, 3.63) is 29.8 Å². The number of carbonyl (C=O) groups is 1. The van der Waals surface area contributed by atoms with E-state index in [9.17, 15) is 4.79 Å². The van der Waals surface area contributed by atoms with Crippen LogP contribution in [-0.4, -0.2) is 30.8 Å². The zero-order valence-electron chi connectivity index (χ0n) is 18.0. The highest BCUT2D eigenvalue weighted by molar-refractivity contribution is 6.91. The van der Waals surface area contributed by atoms with Crippen molar-refractivity contribution >= 4 is 30.4 Å². The monoisotopic (exact) mass is 388 g/mol. The fourth-order valence-corrected chi connectivity index (χ4v) is 7.83. The van der Waals surface area contributed by atoms with Crippen molar-refractivity contribution in [1.82, 2.24) is 10.3 Å². The zero-order chi connectivity index (χ0) is 20.2. The maximum absolute atomic E-state index is 12.2. The second-order valence-electron chi connectivity index (χ2n) is 8.66. The van der Waals surface area contributed by atoms with E-state index in [-0.39, 0.29) is 17.7 Å². The van der Waals surface area contributed by atoms with Gasteiger partial charge in [0.2, 0.25) is 0 Å². The second kappa shape index (κ2) is 8.51. The molecule has 1 atom stereocenters. The molecule has 0 radical (unpaired) electrons. The third-order valence-corrected chi connectivity index (χ3v) is 11.2. The lowest BCUT2D eigenvalue weighted by Gasteiger charge is -2.29. The summed E-state index contributed by atoms with van der Waals surface area (Å²) in [6, 6.07) is 12.2. The standard InChI is InChI=1S/C22H36N2O2Si/c1-8-27(9-2,10-3)20-18(17-13-11-12-14-19(17)23-20)15-16(4)26-21(25)24-22(5,6)7/h11-14,16,23H,8-10,15H2,1-7H3,(H,24,25)/t16-/m1/s1. The Balaban J connectivity index is 2.36. The lowest BCUT2D eigenvalue weighted by molar-refractivity contribution is 0.100. The van der Waals surface area contributed by atoms with Crippen LogP contribution in [0.5, 0.6) is 0 Å². The summed E-state index contributed by atoms with van der Waals surface area (Å²) in [4.78, 5) is 15.9. The van der Waals surface area contributed by atoms with Crippen molar-refractivity contribution in [2.45, 2.75) is 84.7 Å². The topological polar surface area (TPSA) is 54.1 Å². The van der Waals surface area contributed by atoms with E-state index in [1.54, 1.807) is 0 Å². The van der Waals surface area contributed by atoms with Gasteiger partial charge in [-0.1, -0.05) is 57.1 Å². The van der Waals surface area contributed by atoms with E-state index in [4.69, 9.17) is 4.74 Å². The quantitative estimate of drug-likeness (QED) is 0.629. The molecule has 2 N–H and O–H groups in total. The number of carbonyl (C=O) groups excluding carboxylic acids is 1. The van der Waals surface area contributed by atoms with Crippen molar-refractivity contribution in [2.75, 3.05) is 0 Å². The normalized spacial score (nSPS) is 13.6. The molecule has 0 unspecified atom stereocenters. The van der Waals surface area contributed by atoms with Crippen LogP contribution >= 0.6 is 0 Å². The summed E-state index contributed by atoms with van der Waals surface area (Å²) in [5.74, 6) is 0. The van der Waals surface area contributed by atoms with E-state index < -0.39 is 8.07 Å². The summed E-state index contributed by atoms with van der Waals surface area (Å²) >= 11 is 0. The van der Waals surface area contributed by atoms with Gasteiger partial charge in [0.15, 0.2) is 0 Å².